The zero-order chi connectivity index (χ0) is 14.5. The van der Waals surface area contributed by atoms with E-state index < -0.39 is 0 Å². The first kappa shape index (κ1) is 18.5. The Morgan fingerprint density at radius 2 is 2.19 bits per heavy atom. The number of rotatable bonds is 4. The van der Waals surface area contributed by atoms with E-state index in [1.54, 1.807) is 18.2 Å². The topological polar surface area (TPSA) is 44.4 Å². The summed E-state index contributed by atoms with van der Waals surface area (Å²) in [6.45, 7) is 2.23. The highest BCUT2D eigenvalue weighted by atomic mass is 35.5. The minimum absolute atomic E-state index is 0. The van der Waals surface area contributed by atoms with Gasteiger partial charge in [0, 0.05) is 17.6 Å². The summed E-state index contributed by atoms with van der Waals surface area (Å²) in [7, 11) is 1.96. The van der Waals surface area contributed by atoms with Crippen molar-refractivity contribution < 1.29 is 4.79 Å². The largest absolute Gasteiger partial charge is 0.324 e. The van der Waals surface area contributed by atoms with E-state index in [0.717, 1.165) is 25.9 Å². The molecule has 0 aromatic heterocycles. The van der Waals surface area contributed by atoms with Gasteiger partial charge >= 0.3 is 0 Å². The van der Waals surface area contributed by atoms with Crippen molar-refractivity contribution in [1.29, 1.82) is 0 Å². The highest BCUT2D eigenvalue weighted by Gasteiger charge is 2.20. The van der Waals surface area contributed by atoms with Gasteiger partial charge in [0.25, 0.3) is 0 Å². The highest BCUT2D eigenvalue weighted by Crippen LogP contribution is 2.25. The molecule has 1 saturated heterocycles. The van der Waals surface area contributed by atoms with Crippen LogP contribution in [-0.4, -0.2) is 43.5 Å². The maximum absolute atomic E-state index is 12.1. The number of likely N-dealkylation sites (N-methyl/N-ethyl adjacent to an activating group) is 1. The quantitative estimate of drug-likeness (QED) is 0.875. The molecular formula is C14H20Cl3N3O. The van der Waals surface area contributed by atoms with Gasteiger partial charge in [-0.25, -0.2) is 0 Å². The molecule has 21 heavy (non-hydrogen) atoms. The number of anilines is 1. The smallest absolute Gasteiger partial charge is 0.238 e. The van der Waals surface area contributed by atoms with Crippen LogP contribution in [-0.2, 0) is 4.79 Å². The Hall–Kier alpha value is -0.520. The summed E-state index contributed by atoms with van der Waals surface area (Å²) in [6, 6.07) is 5.50. The van der Waals surface area contributed by atoms with E-state index in [1.165, 1.54) is 0 Å². The molecule has 0 saturated carbocycles. The Morgan fingerprint density at radius 1 is 1.43 bits per heavy atom. The SMILES string of the molecule is CNC1CCCN(CC(=O)Nc2cc(Cl)ccc2Cl)C1.Cl. The molecule has 2 rings (SSSR count). The number of amides is 1. The van der Waals surface area contributed by atoms with Crippen LogP contribution in [0.2, 0.25) is 10.0 Å². The van der Waals surface area contributed by atoms with Crippen LogP contribution in [0.15, 0.2) is 18.2 Å². The molecular weight excluding hydrogens is 333 g/mol. The number of nitrogens with one attached hydrogen (secondary N) is 2. The number of halogens is 3. The molecule has 0 radical (unpaired) electrons. The fourth-order valence-electron chi connectivity index (χ4n) is 2.42. The van der Waals surface area contributed by atoms with E-state index in [1.807, 2.05) is 7.05 Å². The second-order valence-corrected chi connectivity index (χ2v) is 5.88. The monoisotopic (exact) mass is 351 g/mol. The molecule has 118 valence electrons. The molecule has 0 bridgehead atoms. The summed E-state index contributed by atoms with van der Waals surface area (Å²) in [5.41, 5.74) is 0.561. The van der Waals surface area contributed by atoms with Crippen molar-refractivity contribution >= 4 is 47.2 Å². The molecule has 1 atom stereocenters. The number of hydrogen-bond donors (Lipinski definition) is 2. The van der Waals surface area contributed by atoms with Crippen LogP contribution in [0.25, 0.3) is 0 Å². The lowest BCUT2D eigenvalue weighted by Crippen LogP contribution is -2.46. The first-order valence-electron chi connectivity index (χ1n) is 6.73. The maximum Gasteiger partial charge on any atom is 0.238 e. The van der Waals surface area contributed by atoms with Gasteiger partial charge in [-0.05, 0) is 44.6 Å². The number of benzene rings is 1. The predicted octanol–water partition coefficient (Wildman–Crippen LogP) is 3.04. The normalized spacial score (nSPS) is 18.9. The summed E-state index contributed by atoms with van der Waals surface area (Å²) in [5, 5.41) is 7.12. The number of hydrogen-bond acceptors (Lipinski definition) is 3. The molecule has 0 spiro atoms. The maximum atomic E-state index is 12.1. The third-order valence-electron chi connectivity index (χ3n) is 3.48. The van der Waals surface area contributed by atoms with E-state index in [9.17, 15) is 4.79 Å². The zero-order valence-corrected chi connectivity index (χ0v) is 14.2. The lowest BCUT2D eigenvalue weighted by Gasteiger charge is -2.31. The van der Waals surface area contributed by atoms with Crippen molar-refractivity contribution in [3.05, 3.63) is 28.2 Å². The summed E-state index contributed by atoms with van der Waals surface area (Å²) < 4.78 is 0. The summed E-state index contributed by atoms with van der Waals surface area (Å²) in [5.74, 6) is -0.0640. The molecule has 1 aromatic rings. The molecule has 1 aromatic carbocycles. The van der Waals surface area contributed by atoms with Gasteiger partial charge in [-0.1, -0.05) is 23.2 Å². The summed E-state index contributed by atoms with van der Waals surface area (Å²) in [4.78, 5) is 14.2. The van der Waals surface area contributed by atoms with Gasteiger partial charge in [0.1, 0.15) is 0 Å². The van der Waals surface area contributed by atoms with E-state index >= 15 is 0 Å². The van der Waals surface area contributed by atoms with Crippen molar-refractivity contribution in [2.75, 3.05) is 32.0 Å². The van der Waals surface area contributed by atoms with Gasteiger partial charge < -0.3 is 10.6 Å². The molecule has 1 heterocycles. The van der Waals surface area contributed by atoms with Crippen LogP contribution >= 0.6 is 35.6 Å². The van der Waals surface area contributed by atoms with Gasteiger partial charge in [0.05, 0.1) is 17.3 Å². The third kappa shape index (κ3) is 5.64. The number of nitrogens with zero attached hydrogens (tertiary/aromatic N) is 1. The average molecular weight is 353 g/mol. The van der Waals surface area contributed by atoms with Crippen molar-refractivity contribution in [2.45, 2.75) is 18.9 Å². The predicted molar refractivity (Wildman–Crippen MR) is 90.9 cm³/mol. The molecule has 7 heteroatoms. The Balaban J connectivity index is 0.00000220. The van der Waals surface area contributed by atoms with Crippen molar-refractivity contribution in [2.24, 2.45) is 0 Å². The minimum Gasteiger partial charge on any atom is -0.324 e. The van der Waals surface area contributed by atoms with Gasteiger partial charge in [-0.2, -0.15) is 0 Å². The third-order valence-corrected chi connectivity index (χ3v) is 4.05. The number of piperidine rings is 1. The number of likely N-dealkylation sites (tertiary alicyclic amines) is 1. The van der Waals surface area contributed by atoms with E-state index in [4.69, 9.17) is 23.2 Å². The molecule has 1 unspecified atom stereocenters. The van der Waals surface area contributed by atoms with Crippen LogP contribution in [0.1, 0.15) is 12.8 Å². The molecule has 2 N–H and O–H groups in total. The second-order valence-electron chi connectivity index (χ2n) is 5.04. The fraction of sp³-hybridized carbons (Fsp3) is 0.500. The standard InChI is InChI=1S/C14H19Cl2N3O.ClH/c1-17-11-3-2-6-19(8-11)9-14(20)18-13-7-10(15)4-5-12(13)16;/h4-5,7,11,17H,2-3,6,8-9H2,1H3,(H,18,20);1H. The Morgan fingerprint density at radius 3 is 2.90 bits per heavy atom. The first-order chi connectivity index (χ1) is 9.58. The molecule has 1 aliphatic heterocycles. The highest BCUT2D eigenvalue weighted by molar-refractivity contribution is 6.35. The van der Waals surface area contributed by atoms with Gasteiger partial charge in [-0.3, -0.25) is 9.69 Å². The first-order valence-corrected chi connectivity index (χ1v) is 7.48. The number of carbonyl (C=O) groups excluding carboxylic acids is 1. The van der Waals surface area contributed by atoms with Crippen LogP contribution in [0.5, 0.6) is 0 Å². The fourth-order valence-corrected chi connectivity index (χ4v) is 2.76. The molecule has 4 nitrogen and oxygen atoms in total. The van der Waals surface area contributed by atoms with E-state index in [2.05, 4.69) is 15.5 Å². The summed E-state index contributed by atoms with van der Waals surface area (Å²) in [6.07, 6.45) is 2.27. The van der Waals surface area contributed by atoms with Gasteiger partial charge in [0.15, 0.2) is 0 Å². The second kappa shape index (κ2) is 8.81. The van der Waals surface area contributed by atoms with Crippen molar-refractivity contribution in [3.63, 3.8) is 0 Å². The lowest BCUT2D eigenvalue weighted by atomic mass is 10.1. The summed E-state index contributed by atoms with van der Waals surface area (Å²) >= 11 is 11.9. The van der Waals surface area contributed by atoms with Crippen LogP contribution in [0, 0.1) is 0 Å². The lowest BCUT2D eigenvalue weighted by molar-refractivity contribution is -0.117. The number of carbonyl (C=O) groups is 1. The minimum atomic E-state index is -0.0640. The Labute approximate surface area is 141 Å². The molecule has 1 fully saturated rings. The van der Waals surface area contributed by atoms with Crippen molar-refractivity contribution in [1.82, 2.24) is 10.2 Å². The molecule has 1 amide bonds. The Bertz CT molecular complexity index is 485. The van der Waals surface area contributed by atoms with Gasteiger partial charge in [-0.15, -0.1) is 12.4 Å². The van der Waals surface area contributed by atoms with E-state index in [-0.39, 0.29) is 18.3 Å². The van der Waals surface area contributed by atoms with E-state index in [0.29, 0.717) is 28.3 Å². The molecule has 1 aliphatic rings. The van der Waals surface area contributed by atoms with Crippen LogP contribution < -0.4 is 10.6 Å². The average Bonchev–Trinajstić information content (AvgIpc) is 2.43. The van der Waals surface area contributed by atoms with Crippen LogP contribution in [0.3, 0.4) is 0 Å². The molecule has 0 aliphatic carbocycles. The van der Waals surface area contributed by atoms with Crippen LogP contribution in [0.4, 0.5) is 5.69 Å². The zero-order valence-electron chi connectivity index (χ0n) is 11.9. The van der Waals surface area contributed by atoms with Crippen molar-refractivity contribution in [3.8, 4) is 0 Å². The Kier molecular flexibility index (Phi) is 7.77. The van der Waals surface area contributed by atoms with Gasteiger partial charge in [0.2, 0.25) is 5.91 Å².